The molecule has 2 heterocycles. The van der Waals surface area contributed by atoms with Crippen molar-refractivity contribution in [3.05, 3.63) is 48.5 Å². The Bertz CT molecular complexity index is 524. The molecule has 2 aromatic rings. The zero-order valence-electron chi connectivity index (χ0n) is 12.7. The Balaban J connectivity index is 1.45. The first kappa shape index (κ1) is 14.3. The largest absolute Gasteiger partial charge is 0.312 e. The van der Waals surface area contributed by atoms with Crippen LogP contribution < -0.4 is 5.32 Å². The fourth-order valence-electron chi connectivity index (χ4n) is 2.88. The Morgan fingerprint density at radius 2 is 1.95 bits per heavy atom. The predicted octanol–water partition coefficient (Wildman–Crippen LogP) is 2.30. The minimum atomic E-state index is 0.839. The quantitative estimate of drug-likeness (QED) is 0.914. The van der Waals surface area contributed by atoms with Gasteiger partial charge in [-0.2, -0.15) is 0 Å². The van der Waals surface area contributed by atoms with E-state index in [-0.39, 0.29) is 0 Å². The monoisotopic (exact) mass is 284 g/mol. The molecule has 3 rings (SSSR count). The standard InChI is InChI=1S/C17H24N4/c1-20-9-6-16(7-10-20)13-19-12-15-2-4-17(5-3-15)21-11-8-18-14-21/h2-5,8,11,14,16,19H,6-7,9-10,12-13H2,1H3. The third kappa shape index (κ3) is 3.93. The molecule has 1 fully saturated rings. The Hall–Kier alpha value is -1.65. The smallest absolute Gasteiger partial charge is 0.0991 e. The van der Waals surface area contributed by atoms with Gasteiger partial charge in [-0.15, -0.1) is 0 Å². The van der Waals surface area contributed by atoms with Crippen LogP contribution in [0.1, 0.15) is 18.4 Å². The third-order valence-corrected chi connectivity index (χ3v) is 4.34. The lowest BCUT2D eigenvalue weighted by Crippen LogP contribution is -2.34. The van der Waals surface area contributed by atoms with Gasteiger partial charge >= 0.3 is 0 Å². The minimum Gasteiger partial charge on any atom is -0.312 e. The maximum Gasteiger partial charge on any atom is 0.0991 e. The van der Waals surface area contributed by atoms with Crippen LogP contribution in [0.15, 0.2) is 43.0 Å². The Morgan fingerprint density at radius 3 is 2.62 bits per heavy atom. The van der Waals surface area contributed by atoms with E-state index in [1.807, 2.05) is 17.1 Å². The maximum absolute atomic E-state index is 4.07. The van der Waals surface area contributed by atoms with Crippen LogP contribution >= 0.6 is 0 Å². The van der Waals surface area contributed by atoms with Crippen molar-refractivity contribution in [2.45, 2.75) is 19.4 Å². The Kier molecular flexibility index (Phi) is 4.68. The number of imidazole rings is 1. The second-order valence-corrected chi connectivity index (χ2v) is 6.01. The first-order chi connectivity index (χ1) is 10.3. The molecule has 0 radical (unpaired) electrons. The molecular weight excluding hydrogens is 260 g/mol. The van der Waals surface area contributed by atoms with E-state index in [2.05, 4.69) is 46.5 Å². The van der Waals surface area contributed by atoms with Gasteiger partial charge in [0.2, 0.25) is 0 Å². The normalized spacial score (nSPS) is 17.2. The van der Waals surface area contributed by atoms with Crippen molar-refractivity contribution in [3.8, 4) is 5.69 Å². The van der Waals surface area contributed by atoms with Crippen molar-refractivity contribution in [2.24, 2.45) is 5.92 Å². The lowest BCUT2D eigenvalue weighted by molar-refractivity contribution is 0.216. The maximum atomic E-state index is 4.07. The fraction of sp³-hybridized carbons (Fsp3) is 0.471. The molecule has 112 valence electrons. The summed E-state index contributed by atoms with van der Waals surface area (Å²) in [6, 6.07) is 8.68. The second kappa shape index (κ2) is 6.87. The molecule has 0 aliphatic carbocycles. The summed E-state index contributed by atoms with van der Waals surface area (Å²) in [5.74, 6) is 0.839. The van der Waals surface area contributed by atoms with E-state index in [4.69, 9.17) is 0 Å². The molecule has 0 spiro atoms. The molecule has 0 amide bonds. The molecule has 1 aromatic carbocycles. The molecule has 1 aromatic heterocycles. The second-order valence-electron chi connectivity index (χ2n) is 6.01. The lowest BCUT2D eigenvalue weighted by Gasteiger charge is -2.29. The van der Waals surface area contributed by atoms with E-state index in [1.54, 1.807) is 6.20 Å². The van der Waals surface area contributed by atoms with E-state index in [1.165, 1.54) is 31.5 Å². The fourth-order valence-corrected chi connectivity index (χ4v) is 2.88. The van der Waals surface area contributed by atoms with Gasteiger partial charge in [-0.1, -0.05) is 12.1 Å². The van der Waals surface area contributed by atoms with Gasteiger partial charge in [0.05, 0.1) is 6.33 Å². The first-order valence-electron chi connectivity index (χ1n) is 7.78. The van der Waals surface area contributed by atoms with Crippen molar-refractivity contribution in [1.82, 2.24) is 19.8 Å². The summed E-state index contributed by atoms with van der Waals surface area (Å²) in [5.41, 5.74) is 2.50. The van der Waals surface area contributed by atoms with Crippen LogP contribution in [-0.4, -0.2) is 41.1 Å². The highest BCUT2D eigenvalue weighted by Gasteiger charge is 2.15. The number of rotatable bonds is 5. The molecule has 4 nitrogen and oxygen atoms in total. The highest BCUT2D eigenvalue weighted by molar-refractivity contribution is 5.34. The van der Waals surface area contributed by atoms with Crippen LogP contribution in [-0.2, 0) is 6.54 Å². The molecule has 1 N–H and O–H groups in total. The zero-order chi connectivity index (χ0) is 14.5. The summed E-state index contributed by atoms with van der Waals surface area (Å²) in [6.45, 7) is 4.57. The van der Waals surface area contributed by atoms with Gasteiger partial charge in [0.1, 0.15) is 0 Å². The van der Waals surface area contributed by atoms with Crippen LogP contribution in [0, 0.1) is 5.92 Å². The molecule has 0 saturated carbocycles. The van der Waals surface area contributed by atoms with Crippen molar-refractivity contribution in [2.75, 3.05) is 26.7 Å². The number of nitrogens with zero attached hydrogens (tertiary/aromatic N) is 3. The van der Waals surface area contributed by atoms with E-state index >= 15 is 0 Å². The van der Waals surface area contributed by atoms with Crippen molar-refractivity contribution >= 4 is 0 Å². The minimum absolute atomic E-state index is 0.839. The zero-order valence-corrected chi connectivity index (χ0v) is 12.7. The molecule has 0 bridgehead atoms. The Labute approximate surface area is 126 Å². The van der Waals surface area contributed by atoms with Gasteiger partial charge in [-0.05, 0) is 63.1 Å². The molecule has 21 heavy (non-hydrogen) atoms. The highest BCUT2D eigenvalue weighted by atomic mass is 15.1. The van der Waals surface area contributed by atoms with Gasteiger partial charge in [0.25, 0.3) is 0 Å². The van der Waals surface area contributed by atoms with Crippen molar-refractivity contribution in [1.29, 1.82) is 0 Å². The van der Waals surface area contributed by atoms with Crippen LogP contribution in [0.3, 0.4) is 0 Å². The molecule has 0 atom stereocenters. The summed E-state index contributed by atoms with van der Waals surface area (Å²) in [5, 5.41) is 3.60. The summed E-state index contributed by atoms with van der Waals surface area (Å²) in [6.07, 6.45) is 8.24. The summed E-state index contributed by atoms with van der Waals surface area (Å²) in [4.78, 5) is 6.50. The summed E-state index contributed by atoms with van der Waals surface area (Å²) >= 11 is 0. The predicted molar refractivity (Wildman–Crippen MR) is 85.5 cm³/mol. The van der Waals surface area contributed by atoms with Crippen LogP contribution in [0.25, 0.3) is 5.69 Å². The van der Waals surface area contributed by atoms with Gasteiger partial charge < -0.3 is 14.8 Å². The van der Waals surface area contributed by atoms with E-state index in [0.717, 1.165) is 24.7 Å². The van der Waals surface area contributed by atoms with Crippen molar-refractivity contribution in [3.63, 3.8) is 0 Å². The summed E-state index contributed by atoms with van der Waals surface area (Å²) in [7, 11) is 2.21. The molecule has 1 saturated heterocycles. The van der Waals surface area contributed by atoms with Gasteiger partial charge in [-0.3, -0.25) is 0 Å². The lowest BCUT2D eigenvalue weighted by atomic mass is 9.97. The van der Waals surface area contributed by atoms with E-state index in [9.17, 15) is 0 Å². The molecule has 0 unspecified atom stereocenters. The Morgan fingerprint density at radius 1 is 1.19 bits per heavy atom. The molecule has 1 aliphatic heterocycles. The van der Waals surface area contributed by atoms with Crippen LogP contribution in [0.2, 0.25) is 0 Å². The average molecular weight is 284 g/mol. The topological polar surface area (TPSA) is 33.1 Å². The number of aromatic nitrogens is 2. The number of hydrogen-bond donors (Lipinski definition) is 1. The number of piperidine rings is 1. The van der Waals surface area contributed by atoms with Crippen molar-refractivity contribution < 1.29 is 0 Å². The number of benzene rings is 1. The first-order valence-corrected chi connectivity index (χ1v) is 7.78. The van der Waals surface area contributed by atoms with Crippen LogP contribution in [0.5, 0.6) is 0 Å². The van der Waals surface area contributed by atoms with Gasteiger partial charge in [-0.25, -0.2) is 4.98 Å². The van der Waals surface area contributed by atoms with Gasteiger partial charge in [0, 0.05) is 24.6 Å². The molecule has 1 aliphatic rings. The number of likely N-dealkylation sites (tertiary alicyclic amines) is 1. The van der Waals surface area contributed by atoms with E-state index in [0.29, 0.717) is 0 Å². The SMILES string of the molecule is CN1CCC(CNCc2ccc(-n3ccnc3)cc2)CC1. The molecule has 4 heteroatoms. The van der Waals surface area contributed by atoms with Crippen LogP contribution in [0.4, 0.5) is 0 Å². The molecular formula is C17H24N4. The third-order valence-electron chi connectivity index (χ3n) is 4.34. The number of nitrogens with one attached hydrogen (secondary N) is 1. The summed E-state index contributed by atoms with van der Waals surface area (Å²) < 4.78 is 2.02. The average Bonchev–Trinajstić information content (AvgIpc) is 3.04. The van der Waals surface area contributed by atoms with E-state index < -0.39 is 0 Å². The number of hydrogen-bond acceptors (Lipinski definition) is 3. The highest BCUT2D eigenvalue weighted by Crippen LogP contribution is 2.15. The van der Waals surface area contributed by atoms with Gasteiger partial charge in [0.15, 0.2) is 0 Å².